The molecule has 0 saturated heterocycles. The van der Waals surface area contributed by atoms with Gasteiger partial charge >= 0.3 is 6.03 Å². The zero-order valence-corrected chi connectivity index (χ0v) is 11.4. The SMILES string of the molecule is CC(C)(C)c1ccc(CNCCNC(N)=O)cc1. The highest BCUT2D eigenvalue weighted by atomic mass is 16.2. The van der Waals surface area contributed by atoms with E-state index in [1.165, 1.54) is 11.1 Å². The molecule has 0 aliphatic heterocycles. The number of carbonyl (C=O) groups excluding carboxylic acids is 1. The van der Waals surface area contributed by atoms with Crippen LogP contribution in [0.1, 0.15) is 31.9 Å². The zero-order valence-electron chi connectivity index (χ0n) is 11.4. The van der Waals surface area contributed by atoms with E-state index in [-0.39, 0.29) is 5.41 Å². The molecule has 0 aliphatic rings. The number of hydrogen-bond donors (Lipinski definition) is 3. The highest BCUT2D eigenvalue weighted by molar-refractivity contribution is 5.71. The third-order valence-electron chi connectivity index (χ3n) is 2.75. The van der Waals surface area contributed by atoms with Crippen LogP contribution in [-0.4, -0.2) is 19.1 Å². The zero-order chi connectivity index (χ0) is 13.6. The fourth-order valence-corrected chi connectivity index (χ4v) is 1.63. The lowest BCUT2D eigenvalue weighted by molar-refractivity contribution is 0.249. The van der Waals surface area contributed by atoms with Crippen LogP contribution in [0, 0.1) is 0 Å². The summed E-state index contributed by atoms with van der Waals surface area (Å²) in [6.45, 7) is 8.67. The van der Waals surface area contributed by atoms with Crippen molar-refractivity contribution in [2.24, 2.45) is 5.73 Å². The Morgan fingerprint density at radius 3 is 2.28 bits per heavy atom. The van der Waals surface area contributed by atoms with Gasteiger partial charge in [0.2, 0.25) is 0 Å². The number of nitrogens with one attached hydrogen (secondary N) is 2. The van der Waals surface area contributed by atoms with Crippen LogP contribution in [-0.2, 0) is 12.0 Å². The van der Waals surface area contributed by atoms with Gasteiger partial charge in [-0.05, 0) is 16.5 Å². The van der Waals surface area contributed by atoms with Crippen molar-refractivity contribution < 1.29 is 4.79 Å². The van der Waals surface area contributed by atoms with Crippen LogP contribution in [0.3, 0.4) is 0 Å². The number of hydrogen-bond acceptors (Lipinski definition) is 2. The van der Waals surface area contributed by atoms with Crippen LogP contribution in [0.25, 0.3) is 0 Å². The van der Waals surface area contributed by atoms with Crippen LogP contribution in [0.5, 0.6) is 0 Å². The minimum absolute atomic E-state index is 0.192. The van der Waals surface area contributed by atoms with Crippen molar-refractivity contribution in [2.75, 3.05) is 13.1 Å². The quantitative estimate of drug-likeness (QED) is 0.696. The number of carbonyl (C=O) groups is 1. The molecule has 0 fully saturated rings. The Bertz CT molecular complexity index is 379. The molecule has 0 bridgehead atoms. The van der Waals surface area contributed by atoms with Crippen LogP contribution in [0.4, 0.5) is 4.79 Å². The molecule has 0 saturated carbocycles. The van der Waals surface area contributed by atoms with E-state index < -0.39 is 6.03 Å². The minimum Gasteiger partial charge on any atom is -0.352 e. The maximum atomic E-state index is 10.4. The van der Waals surface area contributed by atoms with Crippen molar-refractivity contribution in [3.05, 3.63) is 35.4 Å². The number of rotatable bonds is 5. The third-order valence-corrected chi connectivity index (χ3v) is 2.75. The van der Waals surface area contributed by atoms with Gasteiger partial charge in [0.1, 0.15) is 0 Å². The van der Waals surface area contributed by atoms with E-state index in [0.717, 1.165) is 6.54 Å². The molecule has 1 aromatic rings. The van der Waals surface area contributed by atoms with Crippen LogP contribution < -0.4 is 16.4 Å². The normalized spacial score (nSPS) is 11.3. The van der Waals surface area contributed by atoms with Gasteiger partial charge in [-0.25, -0.2) is 4.79 Å². The summed E-state index contributed by atoms with van der Waals surface area (Å²) in [5, 5.41) is 5.78. The summed E-state index contributed by atoms with van der Waals surface area (Å²) in [5.41, 5.74) is 7.73. The Balaban J connectivity index is 2.33. The van der Waals surface area contributed by atoms with Gasteiger partial charge in [0.05, 0.1) is 0 Å². The second-order valence-electron chi connectivity index (χ2n) is 5.41. The Morgan fingerprint density at radius 2 is 1.78 bits per heavy atom. The monoisotopic (exact) mass is 249 g/mol. The first-order valence-corrected chi connectivity index (χ1v) is 6.23. The van der Waals surface area contributed by atoms with E-state index in [1.807, 2.05) is 0 Å². The first-order valence-electron chi connectivity index (χ1n) is 6.23. The largest absolute Gasteiger partial charge is 0.352 e. The van der Waals surface area contributed by atoms with Gasteiger partial charge < -0.3 is 16.4 Å². The smallest absolute Gasteiger partial charge is 0.312 e. The van der Waals surface area contributed by atoms with Gasteiger partial charge in [0.15, 0.2) is 0 Å². The number of urea groups is 1. The first-order chi connectivity index (χ1) is 8.39. The first kappa shape index (κ1) is 14.5. The second kappa shape index (κ2) is 6.40. The van der Waals surface area contributed by atoms with Crippen LogP contribution in [0.15, 0.2) is 24.3 Å². The maximum Gasteiger partial charge on any atom is 0.312 e. The molecule has 4 heteroatoms. The molecule has 2 amide bonds. The molecule has 0 aromatic heterocycles. The lowest BCUT2D eigenvalue weighted by atomic mass is 9.87. The molecule has 0 unspecified atom stereocenters. The van der Waals surface area contributed by atoms with E-state index in [1.54, 1.807) is 0 Å². The lowest BCUT2D eigenvalue weighted by Gasteiger charge is -2.19. The molecule has 0 aliphatic carbocycles. The summed E-state index contributed by atoms with van der Waals surface area (Å²) in [6.07, 6.45) is 0. The Labute approximate surface area is 109 Å². The van der Waals surface area contributed by atoms with E-state index in [2.05, 4.69) is 55.7 Å². The Kier molecular flexibility index (Phi) is 5.16. The second-order valence-corrected chi connectivity index (χ2v) is 5.41. The van der Waals surface area contributed by atoms with Crippen molar-refractivity contribution >= 4 is 6.03 Å². The fraction of sp³-hybridized carbons (Fsp3) is 0.500. The van der Waals surface area contributed by atoms with Gasteiger partial charge in [-0.3, -0.25) is 0 Å². The summed E-state index contributed by atoms with van der Waals surface area (Å²) in [6, 6.07) is 8.12. The average Bonchev–Trinajstić information content (AvgIpc) is 2.27. The molecule has 4 N–H and O–H groups in total. The van der Waals surface area contributed by atoms with Crippen molar-refractivity contribution in [1.82, 2.24) is 10.6 Å². The number of nitrogens with two attached hydrogens (primary N) is 1. The maximum absolute atomic E-state index is 10.4. The van der Waals surface area contributed by atoms with Gasteiger partial charge in [-0.1, -0.05) is 45.0 Å². The van der Waals surface area contributed by atoms with E-state index in [0.29, 0.717) is 13.1 Å². The molecule has 0 atom stereocenters. The lowest BCUT2D eigenvalue weighted by Crippen LogP contribution is -2.35. The predicted octanol–water partition coefficient (Wildman–Crippen LogP) is 1.74. The number of benzene rings is 1. The summed E-state index contributed by atoms with van der Waals surface area (Å²) < 4.78 is 0. The molecule has 0 spiro atoms. The number of primary amides is 1. The van der Waals surface area contributed by atoms with Gasteiger partial charge in [-0.2, -0.15) is 0 Å². The standard InChI is InChI=1S/C14H23N3O/c1-14(2,3)12-6-4-11(5-7-12)10-16-8-9-17-13(15)18/h4-7,16H,8-10H2,1-3H3,(H3,15,17,18). The van der Waals surface area contributed by atoms with Crippen LogP contribution in [0.2, 0.25) is 0 Å². The average molecular weight is 249 g/mol. The van der Waals surface area contributed by atoms with E-state index in [9.17, 15) is 4.79 Å². The molecule has 4 nitrogen and oxygen atoms in total. The summed E-state index contributed by atoms with van der Waals surface area (Å²) in [4.78, 5) is 10.4. The van der Waals surface area contributed by atoms with Crippen molar-refractivity contribution in [3.8, 4) is 0 Å². The molecule has 1 rings (SSSR count). The highest BCUT2D eigenvalue weighted by Crippen LogP contribution is 2.21. The van der Waals surface area contributed by atoms with Gasteiger partial charge in [0.25, 0.3) is 0 Å². The highest BCUT2D eigenvalue weighted by Gasteiger charge is 2.12. The molecule has 0 radical (unpaired) electrons. The van der Waals surface area contributed by atoms with Crippen molar-refractivity contribution in [1.29, 1.82) is 0 Å². The number of amides is 2. The van der Waals surface area contributed by atoms with E-state index >= 15 is 0 Å². The molecular formula is C14H23N3O. The Hall–Kier alpha value is -1.55. The minimum atomic E-state index is -0.480. The summed E-state index contributed by atoms with van der Waals surface area (Å²) >= 11 is 0. The van der Waals surface area contributed by atoms with Gasteiger partial charge in [-0.15, -0.1) is 0 Å². The fourth-order valence-electron chi connectivity index (χ4n) is 1.63. The Morgan fingerprint density at radius 1 is 1.17 bits per heavy atom. The van der Waals surface area contributed by atoms with E-state index in [4.69, 9.17) is 5.73 Å². The molecule has 18 heavy (non-hydrogen) atoms. The van der Waals surface area contributed by atoms with Crippen molar-refractivity contribution in [3.63, 3.8) is 0 Å². The predicted molar refractivity (Wildman–Crippen MR) is 74.4 cm³/mol. The third kappa shape index (κ3) is 5.19. The molecular weight excluding hydrogens is 226 g/mol. The topological polar surface area (TPSA) is 67.2 Å². The molecule has 0 heterocycles. The van der Waals surface area contributed by atoms with Gasteiger partial charge in [0, 0.05) is 19.6 Å². The summed E-state index contributed by atoms with van der Waals surface area (Å²) in [5.74, 6) is 0. The molecule has 1 aromatic carbocycles. The van der Waals surface area contributed by atoms with Crippen molar-refractivity contribution in [2.45, 2.75) is 32.7 Å². The van der Waals surface area contributed by atoms with Crippen LogP contribution >= 0.6 is 0 Å². The summed E-state index contributed by atoms with van der Waals surface area (Å²) in [7, 11) is 0. The molecule has 100 valence electrons.